The maximum atomic E-state index is 17.5. The highest BCUT2D eigenvalue weighted by Gasteiger charge is 2.72. The van der Waals surface area contributed by atoms with Gasteiger partial charge in [0.2, 0.25) is 27.7 Å². The van der Waals surface area contributed by atoms with Crippen LogP contribution < -0.4 is 19.5 Å². The fourth-order valence-corrected chi connectivity index (χ4v) is 9.71. The Morgan fingerprint density at radius 1 is 1.19 bits per heavy atom. The summed E-state index contributed by atoms with van der Waals surface area (Å²) in [6.07, 6.45) is 5.53. The summed E-state index contributed by atoms with van der Waals surface area (Å²) in [6.45, 7) is 6.83. The van der Waals surface area contributed by atoms with E-state index in [-0.39, 0.29) is 29.9 Å². The van der Waals surface area contributed by atoms with Gasteiger partial charge in [-0.1, -0.05) is 32.4 Å². The standard InChI is InChI=1S/C39H50F3N5O9S/c1-7-23-16-22(4)10-8-9-11-25-19-38(25,35(50)45-57(53,54)26-12-13-26)44-32(48)31-39(41,42)37(5,20-46(31)34(49)30(23)47(21(2)3)36(51)52)56-33-27-18-28(40)29(55-6)17-24(27)14-15-43-33/h9,11,14-15,17-18,21-23,25-26,30-31H,7-8,10,12-13,16,19-20H2,1-6H3,(H,44,48)(H,45,50)(H,51,52)/b11-9-/t22-,23-,25-,30+,31+,37-,38-/m1/s1. The lowest BCUT2D eigenvalue weighted by Crippen LogP contribution is -2.63. The lowest BCUT2D eigenvalue weighted by molar-refractivity contribution is -0.163. The van der Waals surface area contributed by atoms with Gasteiger partial charge >= 0.3 is 12.0 Å². The molecular formula is C39H50F3N5O9S. The quantitative estimate of drug-likeness (QED) is 0.291. The number of pyridine rings is 1. The molecule has 14 nitrogen and oxygen atoms in total. The van der Waals surface area contributed by atoms with E-state index in [0.29, 0.717) is 42.4 Å². The number of carbonyl (C=O) groups is 4. The van der Waals surface area contributed by atoms with E-state index < -0.39 is 104 Å². The molecule has 6 rings (SSSR count). The number of methoxy groups -OCH3 is 1. The number of rotatable bonds is 9. The van der Waals surface area contributed by atoms with Crippen LogP contribution in [-0.2, 0) is 24.4 Å². The summed E-state index contributed by atoms with van der Waals surface area (Å²) < 4.78 is 88.8. The molecule has 312 valence electrons. The number of hydrogen-bond acceptors (Lipinski definition) is 9. The number of sulfonamides is 1. The molecule has 4 amide bonds. The Labute approximate surface area is 329 Å². The summed E-state index contributed by atoms with van der Waals surface area (Å²) in [6, 6.07) is -1.18. The molecule has 3 fully saturated rings. The number of carboxylic acid groups (broad SMARTS) is 1. The van der Waals surface area contributed by atoms with Gasteiger partial charge < -0.3 is 24.8 Å². The number of aromatic nitrogens is 1. The highest BCUT2D eigenvalue weighted by Crippen LogP contribution is 2.50. The monoisotopic (exact) mass is 821 g/mol. The topological polar surface area (TPSA) is 185 Å². The van der Waals surface area contributed by atoms with Crippen LogP contribution in [-0.4, -0.2) is 106 Å². The van der Waals surface area contributed by atoms with Crippen molar-refractivity contribution in [3.8, 4) is 11.6 Å². The molecule has 1 aromatic carbocycles. The first-order valence-corrected chi connectivity index (χ1v) is 20.8. The number of carbonyl (C=O) groups excluding carboxylic acids is 3. The van der Waals surface area contributed by atoms with Gasteiger partial charge in [-0.25, -0.2) is 22.6 Å². The largest absolute Gasteiger partial charge is 0.494 e. The Balaban J connectivity index is 1.49. The second kappa shape index (κ2) is 15.3. The van der Waals surface area contributed by atoms with Crippen molar-refractivity contribution in [3.63, 3.8) is 0 Å². The molecule has 2 aliphatic carbocycles. The van der Waals surface area contributed by atoms with Gasteiger partial charge in [-0.3, -0.25) is 24.0 Å². The van der Waals surface area contributed by atoms with Gasteiger partial charge in [0.1, 0.15) is 11.6 Å². The highest BCUT2D eigenvalue weighted by molar-refractivity contribution is 7.91. The van der Waals surface area contributed by atoms with E-state index in [1.807, 2.05) is 11.6 Å². The predicted molar refractivity (Wildman–Crippen MR) is 202 cm³/mol. The first-order chi connectivity index (χ1) is 26.7. The van der Waals surface area contributed by atoms with Crippen LogP contribution in [0.2, 0.25) is 0 Å². The van der Waals surface area contributed by atoms with Gasteiger partial charge in [0.25, 0.3) is 5.91 Å². The van der Waals surface area contributed by atoms with E-state index in [1.165, 1.54) is 25.4 Å². The molecule has 0 spiro atoms. The number of halogens is 3. The van der Waals surface area contributed by atoms with Crippen molar-refractivity contribution >= 4 is 44.6 Å². The third kappa shape index (κ3) is 7.72. The van der Waals surface area contributed by atoms with E-state index in [4.69, 9.17) is 9.47 Å². The molecule has 2 aromatic rings. The Kier molecular flexibility index (Phi) is 11.3. The Hall–Kier alpha value is -4.61. The first-order valence-electron chi connectivity index (χ1n) is 19.3. The normalized spacial score (nSPS) is 31.0. The zero-order valence-corrected chi connectivity index (χ0v) is 33.6. The van der Waals surface area contributed by atoms with Crippen molar-refractivity contribution < 1.29 is 55.3 Å². The molecule has 57 heavy (non-hydrogen) atoms. The summed E-state index contributed by atoms with van der Waals surface area (Å²) in [5.41, 5.74) is -4.69. The smallest absolute Gasteiger partial charge is 0.408 e. The molecule has 3 N–H and O–H groups in total. The average molecular weight is 822 g/mol. The summed E-state index contributed by atoms with van der Waals surface area (Å²) in [5.74, 6) is -10.8. The number of amides is 4. The SMILES string of the molecule is CC[C@@H]1C[C@H](C)CC/C=C\[C@@H]2C[C@@]2(C(=O)NS(=O)(=O)C2CC2)NC(=O)[C@@H]2N(C[C@@](C)(Oc3nccc4cc(OC)c(F)cc34)C2(F)F)C(=O)[C@H]1N(C(=O)O)C(C)C. The van der Waals surface area contributed by atoms with E-state index in [0.717, 1.165) is 17.9 Å². The maximum absolute atomic E-state index is 17.5. The molecule has 0 radical (unpaired) electrons. The minimum atomic E-state index is -4.28. The van der Waals surface area contributed by atoms with Crippen LogP contribution in [0.4, 0.5) is 18.0 Å². The van der Waals surface area contributed by atoms with Gasteiger partial charge in [0.15, 0.2) is 23.2 Å². The number of fused-ring (bicyclic) bond motifs is 3. The maximum Gasteiger partial charge on any atom is 0.408 e. The molecule has 1 saturated heterocycles. The van der Waals surface area contributed by atoms with Gasteiger partial charge in [0, 0.05) is 23.5 Å². The van der Waals surface area contributed by atoms with Crippen LogP contribution in [0.25, 0.3) is 10.8 Å². The number of alkyl halides is 2. The third-order valence-electron chi connectivity index (χ3n) is 11.9. The molecule has 1 aromatic heterocycles. The van der Waals surface area contributed by atoms with E-state index in [9.17, 15) is 32.3 Å². The van der Waals surface area contributed by atoms with E-state index >= 15 is 13.6 Å². The van der Waals surface area contributed by atoms with Gasteiger partial charge in [-0.2, -0.15) is 8.78 Å². The molecule has 7 atom stereocenters. The number of nitrogens with zero attached hydrogens (tertiary/aromatic N) is 3. The van der Waals surface area contributed by atoms with E-state index in [1.54, 1.807) is 32.9 Å². The van der Waals surface area contributed by atoms with Crippen LogP contribution in [0.15, 0.2) is 36.5 Å². The van der Waals surface area contributed by atoms with Gasteiger partial charge in [0.05, 0.1) is 18.9 Å². The number of allylic oxidation sites excluding steroid dienone is 1. The average Bonchev–Trinajstić information content (AvgIpc) is 4.06. The highest BCUT2D eigenvalue weighted by atomic mass is 32.2. The lowest BCUT2D eigenvalue weighted by Gasteiger charge is -2.40. The fraction of sp³-hybridized carbons (Fsp3) is 0.615. The molecule has 2 saturated carbocycles. The summed E-state index contributed by atoms with van der Waals surface area (Å²) in [7, 11) is -2.86. The van der Waals surface area contributed by atoms with Gasteiger partial charge in [-0.05, 0) is 94.7 Å². The molecule has 0 bridgehead atoms. The zero-order valence-electron chi connectivity index (χ0n) is 32.8. The number of benzene rings is 1. The van der Waals surface area contributed by atoms with Crippen LogP contribution >= 0.6 is 0 Å². The van der Waals surface area contributed by atoms with Crippen molar-refractivity contribution in [2.24, 2.45) is 17.8 Å². The summed E-state index contributed by atoms with van der Waals surface area (Å²) in [5, 5.41) is 12.4. The minimum absolute atomic E-state index is 0.0112. The van der Waals surface area contributed by atoms with Crippen molar-refractivity contribution in [1.82, 2.24) is 24.8 Å². The van der Waals surface area contributed by atoms with Crippen molar-refractivity contribution in [3.05, 3.63) is 42.4 Å². The molecule has 3 heterocycles. The summed E-state index contributed by atoms with van der Waals surface area (Å²) >= 11 is 0. The third-order valence-corrected chi connectivity index (χ3v) is 13.7. The number of hydrogen-bond donors (Lipinski definition) is 3. The van der Waals surface area contributed by atoms with Crippen LogP contribution in [0, 0.1) is 23.6 Å². The summed E-state index contributed by atoms with van der Waals surface area (Å²) in [4.78, 5) is 62.0. The van der Waals surface area contributed by atoms with E-state index in [2.05, 4.69) is 10.3 Å². The predicted octanol–water partition coefficient (Wildman–Crippen LogP) is 5.01. The molecule has 4 aliphatic rings. The molecular weight excluding hydrogens is 772 g/mol. The molecule has 0 unspecified atom stereocenters. The van der Waals surface area contributed by atoms with Crippen molar-refractivity contribution in [2.75, 3.05) is 13.7 Å². The van der Waals surface area contributed by atoms with Gasteiger partial charge in [-0.15, -0.1) is 0 Å². The molecule has 18 heteroatoms. The van der Waals surface area contributed by atoms with Crippen LogP contribution in [0.1, 0.15) is 79.6 Å². The fourth-order valence-electron chi connectivity index (χ4n) is 8.34. The zero-order chi connectivity index (χ0) is 41.8. The second-order valence-electron chi connectivity index (χ2n) is 16.3. The van der Waals surface area contributed by atoms with Crippen molar-refractivity contribution in [1.29, 1.82) is 0 Å². The number of ether oxygens (including phenoxy) is 2. The lowest BCUT2D eigenvalue weighted by atomic mass is 9.83. The second-order valence-corrected chi connectivity index (χ2v) is 18.3. The van der Waals surface area contributed by atoms with Crippen LogP contribution in [0.3, 0.4) is 0 Å². The minimum Gasteiger partial charge on any atom is -0.494 e. The number of nitrogens with one attached hydrogen (secondary N) is 2. The van der Waals surface area contributed by atoms with Crippen molar-refractivity contribution in [2.45, 2.75) is 120 Å². The van der Waals surface area contributed by atoms with Crippen LogP contribution in [0.5, 0.6) is 11.6 Å². The Bertz CT molecular complexity index is 2080. The Morgan fingerprint density at radius 2 is 1.89 bits per heavy atom. The first kappa shape index (κ1) is 42.0. The molecule has 2 aliphatic heterocycles. The Morgan fingerprint density at radius 3 is 2.51 bits per heavy atom.